The predicted octanol–water partition coefficient (Wildman–Crippen LogP) is 2.27. The molecular formula is C24H32N2O6. The van der Waals surface area contributed by atoms with Gasteiger partial charge in [-0.25, -0.2) is 0 Å². The highest BCUT2D eigenvalue weighted by atomic mass is 16.5. The Balaban J connectivity index is 1.91. The van der Waals surface area contributed by atoms with Crippen molar-refractivity contribution in [3.8, 4) is 0 Å². The van der Waals surface area contributed by atoms with Gasteiger partial charge in [-0.3, -0.25) is 14.4 Å². The first-order chi connectivity index (χ1) is 15.3. The molecule has 2 aliphatic heterocycles. The van der Waals surface area contributed by atoms with Crippen molar-refractivity contribution >= 4 is 29.2 Å². The number of anilines is 2. The van der Waals surface area contributed by atoms with Crippen LogP contribution >= 0.6 is 0 Å². The highest BCUT2D eigenvalue weighted by molar-refractivity contribution is 6.08. The van der Waals surface area contributed by atoms with E-state index in [9.17, 15) is 19.5 Å². The van der Waals surface area contributed by atoms with E-state index in [0.29, 0.717) is 55.7 Å². The molecule has 2 aliphatic rings. The van der Waals surface area contributed by atoms with E-state index < -0.39 is 17.4 Å². The first kappa shape index (κ1) is 23.9. The monoisotopic (exact) mass is 444 g/mol. The van der Waals surface area contributed by atoms with Gasteiger partial charge >= 0.3 is 5.97 Å². The molecule has 8 nitrogen and oxygen atoms in total. The minimum atomic E-state index is -1.78. The summed E-state index contributed by atoms with van der Waals surface area (Å²) in [4.78, 5) is 40.3. The molecule has 2 heterocycles. The molecule has 1 aromatic rings. The molecule has 1 saturated heterocycles. The minimum absolute atomic E-state index is 0.0142. The fourth-order valence-electron chi connectivity index (χ4n) is 4.40. The van der Waals surface area contributed by atoms with E-state index in [2.05, 4.69) is 4.74 Å². The largest absolute Gasteiger partial charge is 0.469 e. The maximum absolute atomic E-state index is 13.5. The fraction of sp³-hybridized carbons (Fsp3) is 0.542. The van der Waals surface area contributed by atoms with Crippen molar-refractivity contribution in [2.45, 2.75) is 51.0 Å². The summed E-state index contributed by atoms with van der Waals surface area (Å²) in [6.07, 6.45) is 6.62. The molecule has 1 aromatic carbocycles. The lowest BCUT2D eigenvalue weighted by Gasteiger charge is -2.28. The van der Waals surface area contributed by atoms with Crippen molar-refractivity contribution < 1.29 is 29.3 Å². The standard InChI is InChI=1S/C24H32N2O6/c1-17(8-4-6-15-27)24(31)19-16-18(25-14-7-9-21(25)28)11-12-20(19)26(23(24)30)13-5-3-10-22(29)32-2/h4,8,11-12,16-17,27,31H,3,5-7,9-10,13-15H2,1-2H3/b8-4+/t17-,24+/m0/s1. The van der Waals surface area contributed by atoms with Crippen molar-refractivity contribution in [1.29, 1.82) is 0 Å². The van der Waals surface area contributed by atoms with Crippen LogP contribution in [0.2, 0.25) is 0 Å². The van der Waals surface area contributed by atoms with Gasteiger partial charge in [-0.1, -0.05) is 19.1 Å². The Labute approximate surface area is 188 Å². The van der Waals surface area contributed by atoms with Crippen LogP contribution in [0.1, 0.15) is 51.0 Å². The highest BCUT2D eigenvalue weighted by Gasteiger charge is 2.52. The highest BCUT2D eigenvalue weighted by Crippen LogP contribution is 2.47. The molecule has 8 heteroatoms. The Morgan fingerprint density at radius 2 is 2.09 bits per heavy atom. The molecule has 0 aliphatic carbocycles. The summed E-state index contributed by atoms with van der Waals surface area (Å²) in [5.74, 6) is -1.22. The second kappa shape index (κ2) is 10.3. The Morgan fingerprint density at radius 1 is 1.31 bits per heavy atom. The van der Waals surface area contributed by atoms with Gasteiger partial charge in [0.15, 0.2) is 5.60 Å². The number of aliphatic hydroxyl groups excluding tert-OH is 1. The van der Waals surface area contributed by atoms with Crippen molar-refractivity contribution in [2.24, 2.45) is 5.92 Å². The third kappa shape index (κ3) is 4.56. The van der Waals surface area contributed by atoms with Crippen LogP contribution in [0.15, 0.2) is 30.4 Å². The third-order valence-corrected chi connectivity index (χ3v) is 6.26. The average Bonchev–Trinajstić information content (AvgIpc) is 3.31. The molecule has 2 atom stereocenters. The Kier molecular flexibility index (Phi) is 7.69. The molecular weight excluding hydrogens is 412 g/mol. The van der Waals surface area contributed by atoms with Crippen LogP contribution in [0.5, 0.6) is 0 Å². The predicted molar refractivity (Wildman–Crippen MR) is 120 cm³/mol. The maximum atomic E-state index is 13.5. The number of hydrogen-bond acceptors (Lipinski definition) is 6. The second-order valence-electron chi connectivity index (χ2n) is 8.34. The summed E-state index contributed by atoms with van der Waals surface area (Å²) in [6, 6.07) is 5.35. The summed E-state index contributed by atoms with van der Waals surface area (Å²) in [7, 11) is 1.34. The lowest BCUT2D eigenvalue weighted by Crippen LogP contribution is -2.44. The number of aliphatic hydroxyl groups is 2. The molecule has 0 bridgehead atoms. The normalized spacial score (nSPS) is 21.5. The fourth-order valence-corrected chi connectivity index (χ4v) is 4.40. The number of ether oxygens (including phenoxy) is 1. The van der Waals surface area contributed by atoms with Crippen molar-refractivity contribution in [3.05, 3.63) is 35.9 Å². The number of methoxy groups -OCH3 is 1. The van der Waals surface area contributed by atoms with Crippen molar-refractivity contribution in [1.82, 2.24) is 0 Å². The molecule has 1 fully saturated rings. The quantitative estimate of drug-likeness (QED) is 0.326. The van der Waals surface area contributed by atoms with E-state index in [-0.39, 0.29) is 24.9 Å². The van der Waals surface area contributed by atoms with E-state index in [1.807, 2.05) is 6.07 Å². The number of carbonyl (C=O) groups is 3. The van der Waals surface area contributed by atoms with Gasteiger partial charge in [-0.2, -0.15) is 0 Å². The van der Waals surface area contributed by atoms with Gasteiger partial charge in [0, 0.05) is 49.7 Å². The zero-order chi connectivity index (χ0) is 23.3. The van der Waals surface area contributed by atoms with Gasteiger partial charge in [0.05, 0.1) is 12.8 Å². The molecule has 2 N–H and O–H groups in total. The molecule has 174 valence electrons. The second-order valence-corrected chi connectivity index (χ2v) is 8.34. The SMILES string of the molecule is COC(=O)CCCCN1C(=O)[C@@](O)([C@@H](C)/C=C/CCO)c2cc(N3CCCC3=O)ccc21. The Bertz CT molecular complexity index is 898. The number of amides is 2. The number of hydrogen-bond donors (Lipinski definition) is 2. The summed E-state index contributed by atoms with van der Waals surface area (Å²) < 4.78 is 4.66. The van der Waals surface area contributed by atoms with Crippen LogP contribution in [-0.2, 0) is 24.7 Å². The minimum Gasteiger partial charge on any atom is -0.469 e. The molecule has 2 amide bonds. The van der Waals surface area contributed by atoms with Crippen molar-refractivity contribution in [3.63, 3.8) is 0 Å². The van der Waals surface area contributed by atoms with Crippen LogP contribution in [-0.4, -0.2) is 54.8 Å². The number of fused-ring (bicyclic) bond motifs is 1. The molecule has 3 rings (SSSR count). The van der Waals surface area contributed by atoms with Gasteiger partial charge in [-0.15, -0.1) is 0 Å². The summed E-state index contributed by atoms with van der Waals surface area (Å²) in [5, 5.41) is 20.7. The molecule has 0 aromatic heterocycles. The first-order valence-corrected chi connectivity index (χ1v) is 11.2. The zero-order valence-corrected chi connectivity index (χ0v) is 18.7. The van der Waals surface area contributed by atoms with E-state index in [1.165, 1.54) is 7.11 Å². The maximum Gasteiger partial charge on any atom is 0.305 e. The lowest BCUT2D eigenvalue weighted by atomic mass is 9.82. The van der Waals surface area contributed by atoms with Gasteiger partial charge in [0.25, 0.3) is 5.91 Å². The molecule has 32 heavy (non-hydrogen) atoms. The molecule has 0 saturated carbocycles. The van der Waals surface area contributed by atoms with Crippen LogP contribution in [0, 0.1) is 5.92 Å². The third-order valence-electron chi connectivity index (χ3n) is 6.26. The average molecular weight is 445 g/mol. The lowest BCUT2D eigenvalue weighted by molar-refractivity contribution is -0.140. The Hall–Kier alpha value is -2.71. The summed E-state index contributed by atoms with van der Waals surface area (Å²) >= 11 is 0. The zero-order valence-electron chi connectivity index (χ0n) is 18.7. The van der Waals surface area contributed by atoms with Crippen LogP contribution < -0.4 is 9.80 Å². The topological polar surface area (TPSA) is 107 Å². The summed E-state index contributed by atoms with van der Waals surface area (Å²) in [5.41, 5.74) is 0.00124. The molecule has 0 spiro atoms. The number of unbranched alkanes of at least 4 members (excludes halogenated alkanes) is 1. The number of esters is 1. The molecule has 0 unspecified atom stereocenters. The van der Waals surface area contributed by atoms with Gasteiger partial charge in [-0.05, 0) is 43.9 Å². The Morgan fingerprint density at radius 3 is 2.75 bits per heavy atom. The van der Waals surface area contributed by atoms with E-state index in [1.54, 1.807) is 41.0 Å². The number of rotatable bonds is 10. The molecule has 0 radical (unpaired) electrons. The van der Waals surface area contributed by atoms with Crippen LogP contribution in [0.25, 0.3) is 0 Å². The number of nitrogens with zero attached hydrogens (tertiary/aromatic N) is 2. The van der Waals surface area contributed by atoms with E-state index in [4.69, 9.17) is 5.11 Å². The van der Waals surface area contributed by atoms with Gasteiger partial charge in [0.1, 0.15) is 0 Å². The number of carbonyl (C=O) groups excluding carboxylic acids is 3. The summed E-state index contributed by atoms with van der Waals surface area (Å²) in [6.45, 7) is 2.73. The van der Waals surface area contributed by atoms with Crippen LogP contribution in [0.4, 0.5) is 11.4 Å². The van der Waals surface area contributed by atoms with Crippen LogP contribution in [0.3, 0.4) is 0 Å². The van der Waals surface area contributed by atoms with Crippen molar-refractivity contribution in [2.75, 3.05) is 36.6 Å². The van der Waals surface area contributed by atoms with E-state index in [0.717, 1.165) is 6.42 Å². The van der Waals surface area contributed by atoms with Gasteiger partial charge in [0.2, 0.25) is 5.91 Å². The first-order valence-electron chi connectivity index (χ1n) is 11.2. The smallest absolute Gasteiger partial charge is 0.305 e. The number of benzene rings is 1. The van der Waals surface area contributed by atoms with Gasteiger partial charge < -0.3 is 24.7 Å². The van der Waals surface area contributed by atoms with E-state index >= 15 is 0 Å².